The van der Waals surface area contributed by atoms with Crippen LogP contribution in [0.25, 0.3) is 0 Å². The van der Waals surface area contributed by atoms with Crippen molar-refractivity contribution in [2.45, 2.75) is 43.3 Å². The Labute approximate surface area is 131 Å². The second kappa shape index (κ2) is 5.95. The average molecular weight is 329 g/mol. The molecule has 1 atom stereocenters. The van der Waals surface area contributed by atoms with Gasteiger partial charge in [-0.25, -0.2) is 8.42 Å². The Balaban J connectivity index is 1.79. The summed E-state index contributed by atoms with van der Waals surface area (Å²) in [6.07, 6.45) is 4.21. The zero-order valence-electron chi connectivity index (χ0n) is 12.6. The average Bonchev–Trinajstić information content (AvgIpc) is 3.19. The second-order valence-electron chi connectivity index (χ2n) is 5.97. The van der Waals surface area contributed by atoms with Crippen molar-refractivity contribution in [2.24, 2.45) is 7.05 Å². The Morgan fingerprint density at radius 2 is 2.19 bits per heavy atom. The lowest BCUT2D eigenvalue weighted by atomic mass is 10.4. The molecule has 0 bridgehead atoms. The van der Waals surface area contributed by atoms with E-state index in [1.165, 1.54) is 12.8 Å². The highest BCUT2D eigenvalue weighted by Gasteiger charge is 2.32. The maximum atomic E-state index is 12.8. The molecule has 1 aliphatic heterocycles. The largest absolute Gasteiger partial charge is 0.352 e. The summed E-state index contributed by atoms with van der Waals surface area (Å²) >= 11 is 1.82. The predicted octanol–water partition coefficient (Wildman–Crippen LogP) is 1.40. The zero-order chi connectivity index (χ0) is 15.0. The molecule has 1 saturated carbocycles. The third-order valence-electron chi connectivity index (χ3n) is 4.15. The lowest BCUT2D eigenvalue weighted by molar-refractivity contribution is 0.367. The van der Waals surface area contributed by atoms with Gasteiger partial charge in [-0.05, 0) is 25.8 Å². The maximum absolute atomic E-state index is 12.8. The van der Waals surface area contributed by atoms with E-state index in [1.54, 1.807) is 10.5 Å². The van der Waals surface area contributed by atoms with Crippen molar-refractivity contribution < 1.29 is 8.42 Å². The first kappa shape index (κ1) is 15.4. The van der Waals surface area contributed by atoms with Gasteiger partial charge in [0.2, 0.25) is 10.0 Å². The number of hydrogen-bond acceptors (Lipinski definition) is 4. The summed E-state index contributed by atoms with van der Waals surface area (Å²) in [7, 11) is -1.45. The number of rotatable bonds is 5. The predicted molar refractivity (Wildman–Crippen MR) is 86.0 cm³/mol. The van der Waals surface area contributed by atoms with Crippen LogP contribution in [0.2, 0.25) is 0 Å². The molecule has 2 heterocycles. The van der Waals surface area contributed by atoms with Crippen molar-refractivity contribution in [3.8, 4) is 0 Å². The van der Waals surface area contributed by atoms with Gasteiger partial charge in [0.05, 0.1) is 0 Å². The molecule has 1 aromatic heterocycles. The quantitative estimate of drug-likeness (QED) is 0.887. The van der Waals surface area contributed by atoms with E-state index in [9.17, 15) is 8.42 Å². The molecule has 1 unspecified atom stereocenters. The molecule has 1 saturated heterocycles. The van der Waals surface area contributed by atoms with Crippen LogP contribution in [0.1, 0.15) is 25.5 Å². The van der Waals surface area contributed by atoms with E-state index in [1.807, 2.05) is 36.4 Å². The molecular weight excluding hydrogens is 306 g/mol. The molecule has 1 N–H and O–H groups in total. The monoisotopic (exact) mass is 329 g/mol. The van der Waals surface area contributed by atoms with Gasteiger partial charge in [-0.15, -0.1) is 0 Å². The van der Waals surface area contributed by atoms with E-state index in [0.29, 0.717) is 17.5 Å². The van der Waals surface area contributed by atoms with Gasteiger partial charge in [0.1, 0.15) is 4.90 Å². The van der Waals surface area contributed by atoms with Gasteiger partial charge in [-0.2, -0.15) is 16.1 Å². The smallest absolute Gasteiger partial charge is 0.244 e. The van der Waals surface area contributed by atoms with Crippen LogP contribution in [0, 0.1) is 0 Å². The Hall–Kier alpha value is -0.500. The number of hydrogen-bond donors (Lipinski definition) is 1. The Morgan fingerprint density at radius 1 is 1.43 bits per heavy atom. The first-order chi connectivity index (χ1) is 9.98. The van der Waals surface area contributed by atoms with Crippen LogP contribution in [0.5, 0.6) is 0 Å². The standard InChI is InChI=1S/C14H23N3O2S2/c1-11-10-20-6-5-17(11)21(18,19)14-7-13(16(2)9-14)8-15-12-3-4-12/h7,9,11-12,15H,3-6,8,10H2,1-2H3. The van der Waals surface area contributed by atoms with Crippen LogP contribution in [0.15, 0.2) is 17.2 Å². The fraction of sp³-hybridized carbons (Fsp3) is 0.714. The van der Waals surface area contributed by atoms with E-state index in [0.717, 1.165) is 23.7 Å². The molecule has 7 heteroatoms. The summed E-state index contributed by atoms with van der Waals surface area (Å²) in [6.45, 7) is 3.34. The van der Waals surface area contributed by atoms with E-state index in [2.05, 4.69) is 5.32 Å². The molecule has 1 aromatic rings. The normalized spacial score (nSPS) is 24.4. The Kier molecular flexibility index (Phi) is 4.36. The Morgan fingerprint density at radius 3 is 2.86 bits per heavy atom. The number of sulfonamides is 1. The fourth-order valence-electron chi connectivity index (χ4n) is 2.63. The van der Waals surface area contributed by atoms with E-state index in [-0.39, 0.29) is 6.04 Å². The Bertz CT molecular complexity index is 608. The third kappa shape index (κ3) is 3.31. The van der Waals surface area contributed by atoms with Crippen LogP contribution in [0.4, 0.5) is 0 Å². The highest BCUT2D eigenvalue weighted by atomic mass is 32.2. The van der Waals surface area contributed by atoms with Gasteiger partial charge >= 0.3 is 0 Å². The van der Waals surface area contributed by atoms with Crippen molar-refractivity contribution in [2.75, 3.05) is 18.1 Å². The summed E-state index contributed by atoms with van der Waals surface area (Å²) in [6, 6.07) is 2.51. The highest BCUT2D eigenvalue weighted by Crippen LogP contribution is 2.26. The molecule has 2 aliphatic rings. The van der Waals surface area contributed by atoms with Gasteiger partial charge in [-0.1, -0.05) is 0 Å². The van der Waals surface area contributed by atoms with Crippen molar-refractivity contribution in [3.63, 3.8) is 0 Å². The van der Waals surface area contributed by atoms with Gasteiger partial charge < -0.3 is 9.88 Å². The van der Waals surface area contributed by atoms with E-state index >= 15 is 0 Å². The molecule has 21 heavy (non-hydrogen) atoms. The van der Waals surface area contributed by atoms with E-state index < -0.39 is 10.0 Å². The molecule has 0 spiro atoms. The van der Waals surface area contributed by atoms with Gasteiger partial charge in [-0.3, -0.25) is 0 Å². The van der Waals surface area contributed by atoms with Crippen molar-refractivity contribution >= 4 is 21.8 Å². The number of aromatic nitrogens is 1. The fourth-order valence-corrected chi connectivity index (χ4v) is 5.59. The van der Waals surface area contributed by atoms with Crippen LogP contribution in [-0.2, 0) is 23.6 Å². The number of nitrogens with zero attached hydrogens (tertiary/aromatic N) is 2. The van der Waals surface area contributed by atoms with Gasteiger partial charge in [0.25, 0.3) is 0 Å². The second-order valence-corrected chi connectivity index (χ2v) is 9.01. The lowest BCUT2D eigenvalue weighted by Gasteiger charge is -2.31. The van der Waals surface area contributed by atoms with Crippen molar-refractivity contribution in [1.29, 1.82) is 0 Å². The summed E-state index contributed by atoms with van der Waals surface area (Å²) in [4.78, 5) is 0.427. The molecule has 118 valence electrons. The molecule has 1 aliphatic carbocycles. The van der Waals surface area contributed by atoms with E-state index in [4.69, 9.17) is 0 Å². The SMILES string of the molecule is CC1CSCCN1S(=O)(=O)c1cc(CNC2CC2)n(C)c1. The number of thioether (sulfide) groups is 1. The lowest BCUT2D eigenvalue weighted by Crippen LogP contribution is -2.44. The number of nitrogens with one attached hydrogen (secondary N) is 1. The topological polar surface area (TPSA) is 54.3 Å². The summed E-state index contributed by atoms with van der Waals surface area (Å²) in [5.74, 6) is 1.76. The summed E-state index contributed by atoms with van der Waals surface area (Å²) in [5, 5.41) is 3.43. The van der Waals surface area contributed by atoms with Crippen LogP contribution in [-0.4, -0.2) is 47.4 Å². The minimum absolute atomic E-state index is 0.0713. The first-order valence-electron chi connectivity index (χ1n) is 7.46. The van der Waals surface area contributed by atoms with Crippen molar-refractivity contribution in [1.82, 2.24) is 14.2 Å². The van der Waals surface area contributed by atoms with Crippen LogP contribution < -0.4 is 5.32 Å². The van der Waals surface area contributed by atoms with Crippen LogP contribution >= 0.6 is 11.8 Å². The minimum Gasteiger partial charge on any atom is -0.352 e. The summed E-state index contributed by atoms with van der Waals surface area (Å²) < 4.78 is 29.2. The maximum Gasteiger partial charge on any atom is 0.244 e. The number of aryl methyl sites for hydroxylation is 1. The molecule has 3 rings (SSSR count). The van der Waals surface area contributed by atoms with Gasteiger partial charge in [0.15, 0.2) is 0 Å². The first-order valence-corrected chi connectivity index (χ1v) is 10.1. The third-order valence-corrected chi connectivity index (χ3v) is 7.31. The molecule has 0 aromatic carbocycles. The molecular formula is C14H23N3O2S2. The molecule has 0 radical (unpaired) electrons. The summed E-state index contributed by atoms with van der Waals surface area (Å²) in [5.41, 5.74) is 1.03. The highest BCUT2D eigenvalue weighted by molar-refractivity contribution is 7.99. The molecule has 2 fully saturated rings. The molecule has 0 amide bonds. The van der Waals surface area contributed by atoms with Gasteiger partial charge in [0, 0.05) is 55.6 Å². The van der Waals surface area contributed by atoms with Crippen molar-refractivity contribution in [3.05, 3.63) is 18.0 Å². The molecule has 5 nitrogen and oxygen atoms in total. The zero-order valence-corrected chi connectivity index (χ0v) is 14.2. The van der Waals surface area contributed by atoms with Crippen LogP contribution in [0.3, 0.4) is 0 Å². The minimum atomic E-state index is -3.36.